The molecule has 122 valence electrons. The van der Waals surface area contributed by atoms with Gasteiger partial charge < -0.3 is 4.74 Å². The number of anilines is 1. The molecule has 3 rings (SSSR count). The van der Waals surface area contributed by atoms with Crippen molar-refractivity contribution in [1.29, 1.82) is 0 Å². The molecule has 0 aliphatic carbocycles. The standard InChI is InChI=1S/C18H16N2O3S/c1-10-8-11(2)15-14(9-10)19-18(24-15)20-16(21)12-4-6-13(7-5-12)17(22)23-3/h4-9H,1-3H3,(H,19,20,21). The molecule has 0 bridgehead atoms. The zero-order valence-corrected chi connectivity index (χ0v) is 14.4. The average Bonchev–Trinajstić information content (AvgIpc) is 2.96. The van der Waals surface area contributed by atoms with Crippen LogP contribution in [-0.2, 0) is 4.74 Å². The predicted molar refractivity (Wildman–Crippen MR) is 94.8 cm³/mol. The smallest absolute Gasteiger partial charge is 0.337 e. The minimum atomic E-state index is -0.432. The van der Waals surface area contributed by atoms with E-state index in [1.54, 1.807) is 24.3 Å². The summed E-state index contributed by atoms with van der Waals surface area (Å²) in [4.78, 5) is 28.2. The highest BCUT2D eigenvalue weighted by Crippen LogP contribution is 2.30. The number of esters is 1. The van der Waals surface area contributed by atoms with Gasteiger partial charge in [0.1, 0.15) is 0 Å². The molecule has 1 N–H and O–H groups in total. The van der Waals surface area contributed by atoms with Crippen LogP contribution in [0.1, 0.15) is 31.8 Å². The van der Waals surface area contributed by atoms with E-state index in [2.05, 4.69) is 21.1 Å². The van der Waals surface area contributed by atoms with Crippen LogP contribution in [0.15, 0.2) is 36.4 Å². The van der Waals surface area contributed by atoms with Crippen molar-refractivity contribution in [2.75, 3.05) is 12.4 Å². The molecule has 24 heavy (non-hydrogen) atoms. The van der Waals surface area contributed by atoms with Gasteiger partial charge in [-0.3, -0.25) is 10.1 Å². The SMILES string of the molecule is COC(=O)c1ccc(C(=O)Nc2nc3cc(C)cc(C)c3s2)cc1. The van der Waals surface area contributed by atoms with Crippen molar-refractivity contribution >= 4 is 38.6 Å². The summed E-state index contributed by atoms with van der Waals surface area (Å²) >= 11 is 1.45. The van der Waals surface area contributed by atoms with Crippen LogP contribution in [0.4, 0.5) is 5.13 Å². The van der Waals surface area contributed by atoms with E-state index in [-0.39, 0.29) is 5.91 Å². The first-order chi connectivity index (χ1) is 11.5. The number of nitrogens with one attached hydrogen (secondary N) is 1. The van der Waals surface area contributed by atoms with Crippen molar-refractivity contribution in [2.24, 2.45) is 0 Å². The Hall–Kier alpha value is -2.73. The first kappa shape index (κ1) is 16.1. The Morgan fingerprint density at radius 3 is 2.42 bits per heavy atom. The van der Waals surface area contributed by atoms with Crippen molar-refractivity contribution in [1.82, 2.24) is 4.98 Å². The number of amides is 1. The minimum absolute atomic E-state index is 0.264. The number of aryl methyl sites for hydroxylation is 2. The summed E-state index contributed by atoms with van der Waals surface area (Å²) in [6.45, 7) is 4.05. The molecule has 2 aromatic carbocycles. The molecular weight excluding hydrogens is 324 g/mol. The number of nitrogens with zero attached hydrogens (tertiary/aromatic N) is 1. The number of carbonyl (C=O) groups is 2. The Bertz CT molecular complexity index is 929. The third kappa shape index (κ3) is 3.14. The molecule has 0 aliphatic rings. The monoisotopic (exact) mass is 340 g/mol. The normalized spacial score (nSPS) is 10.6. The second kappa shape index (κ2) is 6.41. The molecule has 0 spiro atoms. The van der Waals surface area contributed by atoms with Gasteiger partial charge in [-0.1, -0.05) is 17.4 Å². The van der Waals surface area contributed by atoms with Crippen molar-refractivity contribution in [3.8, 4) is 0 Å². The quantitative estimate of drug-likeness (QED) is 0.733. The lowest BCUT2D eigenvalue weighted by atomic mass is 10.1. The Morgan fingerprint density at radius 2 is 1.75 bits per heavy atom. The number of fused-ring (bicyclic) bond motifs is 1. The summed E-state index contributed by atoms with van der Waals surface area (Å²) in [6, 6.07) is 10.4. The number of methoxy groups -OCH3 is 1. The van der Waals surface area contributed by atoms with Gasteiger partial charge in [-0.2, -0.15) is 0 Å². The van der Waals surface area contributed by atoms with Crippen LogP contribution in [0.5, 0.6) is 0 Å². The topological polar surface area (TPSA) is 68.3 Å². The van der Waals surface area contributed by atoms with Crippen LogP contribution in [0, 0.1) is 13.8 Å². The second-order valence-electron chi connectivity index (χ2n) is 5.47. The summed E-state index contributed by atoms with van der Waals surface area (Å²) in [5.41, 5.74) is 4.02. The van der Waals surface area contributed by atoms with Crippen LogP contribution in [0.2, 0.25) is 0 Å². The molecule has 0 aliphatic heterocycles. The van der Waals surface area contributed by atoms with E-state index in [1.807, 2.05) is 19.9 Å². The fourth-order valence-electron chi connectivity index (χ4n) is 2.47. The van der Waals surface area contributed by atoms with Gasteiger partial charge in [0.2, 0.25) is 0 Å². The lowest BCUT2D eigenvalue weighted by Crippen LogP contribution is -2.12. The van der Waals surface area contributed by atoms with Crippen molar-refractivity contribution in [3.63, 3.8) is 0 Å². The number of benzene rings is 2. The van der Waals surface area contributed by atoms with E-state index in [0.717, 1.165) is 21.3 Å². The summed E-state index contributed by atoms with van der Waals surface area (Å²) in [6.07, 6.45) is 0. The highest BCUT2D eigenvalue weighted by Gasteiger charge is 2.12. The first-order valence-electron chi connectivity index (χ1n) is 7.35. The van der Waals surface area contributed by atoms with Crippen LogP contribution in [-0.4, -0.2) is 24.0 Å². The summed E-state index contributed by atoms with van der Waals surface area (Å²) in [5.74, 6) is -0.696. The number of carbonyl (C=O) groups excluding carboxylic acids is 2. The zero-order chi connectivity index (χ0) is 17.3. The van der Waals surface area contributed by atoms with Gasteiger partial charge in [-0.25, -0.2) is 9.78 Å². The number of hydrogen-bond donors (Lipinski definition) is 1. The molecule has 1 amide bonds. The third-order valence-electron chi connectivity index (χ3n) is 3.61. The largest absolute Gasteiger partial charge is 0.465 e. The van der Waals surface area contributed by atoms with Crippen molar-refractivity contribution in [2.45, 2.75) is 13.8 Å². The van der Waals surface area contributed by atoms with Crippen LogP contribution in [0.3, 0.4) is 0 Å². The first-order valence-corrected chi connectivity index (χ1v) is 8.17. The maximum Gasteiger partial charge on any atom is 0.337 e. The summed E-state index contributed by atoms with van der Waals surface area (Å²) in [7, 11) is 1.32. The predicted octanol–water partition coefficient (Wildman–Crippen LogP) is 3.95. The van der Waals surface area contributed by atoms with Gasteiger partial charge in [-0.15, -0.1) is 0 Å². The molecule has 0 unspecified atom stereocenters. The molecule has 0 fully saturated rings. The number of rotatable bonds is 3. The number of thiazole rings is 1. The molecule has 0 saturated carbocycles. The molecular formula is C18H16N2O3S. The van der Waals surface area contributed by atoms with E-state index < -0.39 is 5.97 Å². The van der Waals surface area contributed by atoms with Gasteiger partial charge >= 0.3 is 5.97 Å². The van der Waals surface area contributed by atoms with Crippen molar-refractivity contribution in [3.05, 3.63) is 58.7 Å². The molecule has 1 aromatic heterocycles. The van der Waals surface area contributed by atoms with Gasteiger partial charge in [-0.05, 0) is 55.3 Å². The van der Waals surface area contributed by atoms with Crippen LogP contribution >= 0.6 is 11.3 Å². The maximum absolute atomic E-state index is 12.3. The highest BCUT2D eigenvalue weighted by molar-refractivity contribution is 7.22. The lowest BCUT2D eigenvalue weighted by molar-refractivity contribution is 0.0600. The number of aromatic nitrogens is 1. The van der Waals surface area contributed by atoms with Gasteiger partial charge in [0.05, 0.1) is 22.9 Å². The average molecular weight is 340 g/mol. The fourth-order valence-corrected chi connectivity index (χ4v) is 3.39. The molecule has 0 atom stereocenters. The van der Waals surface area contributed by atoms with E-state index in [4.69, 9.17) is 0 Å². The maximum atomic E-state index is 12.3. The van der Waals surface area contributed by atoms with Crippen LogP contribution < -0.4 is 5.32 Å². The molecule has 3 aromatic rings. The Labute approximate surface area is 143 Å². The van der Waals surface area contributed by atoms with Gasteiger partial charge in [0.25, 0.3) is 5.91 Å². The highest BCUT2D eigenvalue weighted by atomic mass is 32.1. The molecule has 6 heteroatoms. The molecule has 0 saturated heterocycles. The summed E-state index contributed by atoms with van der Waals surface area (Å²) < 4.78 is 5.71. The van der Waals surface area contributed by atoms with E-state index in [0.29, 0.717) is 16.3 Å². The Morgan fingerprint density at radius 1 is 1.08 bits per heavy atom. The van der Waals surface area contributed by atoms with Crippen molar-refractivity contribution < 1.29 is 14.3 Å². The van der Waals surface area contributed by atoms with E-state index >= 15 is 0 Å². The fraction of sp³-hybridized carbons (Fsp3) is 0.167. The summed E-state index contributed by atoms with van der Waals surface area (Å²) in [5, 5.41) is 3.37. The Balaban J connectivity index is 1.82. The van der Waals surface area contributed by atoms with Gasteiger partial charge in [0.15, 0.2) is 5.13 Å². The minimum Gasteiger partial charge on any atom is -0.465 e. The van der Waals surface area contributed by atoms with Crippen LogP contribution in [0.25, 0.3) is 10.2 Å². The second-order valence-corrected chi connectivity index (χ2v) is 6.47. The molecule has 0 radical (unpaired) electrons. The lowest BCUT2D eigenvalue weighted by Gasteiger charge is -2.03. The van der Waals surface area contributed by atoms with E-state index in [9.17, 15) is 9.59 Å². The molecule has 1 heterocycles. The molecule has 5 nitrogen and oxygen atoms in total. The Kier molecular flexibility index (Phi) is 4.31. The number of hydrogen-bond acceptors (Lipinski definition) is 5. The third-order valence-corrected chi connectivity index (χ3v) is 4.73. The number of ether oxygens (including phenoxy) is 1. The van der Waals surface area contributed by atoms with Gasteiger partial charge in [0, 0.05) is 5.56 Å². The van der Waals surface area contributed by atoms with E-state index in [1.165, 1.54) is 18.4 Å². The zero-order valence-electron chi connectivity index (χ0n) is 13.5.